The van der Waals surface area contributed by atoms with Gasteiger partial charge in [0.25, 0.3) is 5.91 Å². The van der Waals surface area contributed by atoms with E-state index in [9.17, 15) is 14.3 Å². The van der Waals surface area contributed by atoms with Crippen LogP contribution < -0.4 is 4.74 Å². The molecule has 1 aromatic heterocycles. The summed E-state index contributed by atoms with van der Waals surface area (Å²) in [4.78, 5) is 18.6. The van der Waals surface area contributed by atoms with Crippen molar-refractivity contribution in [2.24, 2.45) is 0 Å². The largest absolute Gasteiger partial charge is 0.492 e. The summed E-state index contributed by atoms with van der Waals surface area (Å²) < 4.78 is 18.6. The van der Waals surface area contributed by atoms with Gasteiger partial charge in [0.1, 0.15) is 22.9 Å². The van der Waals surface area contributed by atoms with Gasteiger partial charge in [-0.3, -0.25) is 4.79 Å². The van der Waals surface area contributed by atoms with E-state index in [0.717, 1.165) is 24.2 Å². The molecule has 1 aromatic carbocycles. The number of halogens is 1. The second-order valence-electron chi connectivity index (χ2n) is 6.64. The number of likely N-dealkylation sites (tertiary alicyclic amines) is 1. The molecule has 4 rings (SSSR count). The third-order valence-corrected chi connectivity index (χ3v) is 4.93. The zero-order valence-electron chi connectivity index (χ0n) is 13.7. The number of β-amino-alcohol motifs (C(OH)–C–C–N with tert-alkyl or cyclic N) is 1. The molecule has 1 fully saturated rings. The molecule has 0 aliphatic carbocycles. The summed E-state index contributed by atoms with van der Waals surface area (Å²) in [6, 6.07) is 7.56. The first-order valence-electron chi connectivity index (χ1n) is 8.45. The van der Waals surface area contributed by atoms with Crippen LogP contribution in [-0.4, -0.2) is 40.6 Å². The van der Waals surface area contributed by atoms with Crippen molar-refractivity contribution < 1.29 is 19.0 Å². The molecule has 1 N–H and O–H groups in total. The summed E-state index contributed by atoms with van der Waals surface area (Å²) in [5, 5.41) is 10.9. The van der Waals surface area contributed by atoms with Crippen LogP contribution in [0, 0.1) is 5.82 Å². The van der Waals surface area contributed by atoms with Crippen molar-refractivity contribution in [3.63, 3.8) is 0 Å². The lowest BCUT2D eigenvalue weighted by Gasteiger charge is -2.24. The number of hydrogen-bond donors (Lipinski definition) is 1. The highest BCUT2D eigenvalue weighted by atomic mass is 19.1. The van der Waals surface area contributed by atoms with Crippen molar-refractivity contribution in [3.8, 4) is 5.75 Å². The third-order valence-electron chi connectivity index (χ3n) is 4.93. The van der Waals surface area contributed by atoms with Crippen molar-refractivity contribution in [1.29, 1.82) is 0 Å². The number of nitrogens with zero attached hydrogens (tertiary/aromatic N) is 2. The number of aliphatic hydroxyl groups is 1. The Kier molecular flexibility index (Phi) is 3.92. The monoisotopic (exact) mass is 342 g/mol. The van der Waals surface area contributed by atoms with Crippen LogP contribution in [0.4, 0.5) is 4.39 Å². The fourth-order valence-corrected chi connectivity index (χ4v) is 3.50. The first kappa shape index (κ1) is 16.0. The zero-order chi connectivity index (χ0) is 17.4. The fraction of sp³-hybridized carbons (Fsp3) is 0.368. The van der Waals surface area contributed by atoms with Crippen LogP contribution in [-0.2, 0) is 12.0 Å². The summed E-state index contributed by atoms with van der Waals surface area (Å²) in [7, 11) is 0. The normalized spacial score (nSPS) is 22.4. The van der Waals surface area contributed by atoms with Gasteiger partial charge in [0.05, 0.1) is 19.3 Å². The van der Waals surface area contributed by atoms with Crippen molar-refractivity contribution in [1.82, 2.24) is 9.88 Å². The number of amides is 1. The van der Waals surface area contributed by atoms with Gasteiger partial charge >= 0.3 is 0 Å². The summed E-state index contributed by atoms with van der Waals surface area (Å²) in [6.45, 7) is 1.29. The topological polar surface area (TPSA) is 62.7 Å². The van der Waals surface area contributed by atoms with Crippen LogP contribution in [0.25, 0.3) is 0 Å². The molecule has 1 unspecified atom stereocenters. The summed E-state index contributed by atoms with van der Waals surface area (Å²) in [6.07, 6.45) is 3.82. The lowest BCUT2D eigenvalue weighted by Crippen LogP contribution is -2.34. The van der Waals surface area contributed by atoms with Crippen LogP contribution in [0.15, 0.2) is 36.5 Å². The highest BCUT2D eigenvalue weighted by Gasteiger charge is 2.40. The minimum Gasteiger partial charge on any atom is -0.492 e. The number of carbonyl (C=O) groups is 1. The van der Waals surface area contributed by atoms with E-state index in [2.05, 4.69) is 4.98 Å². The van der Waals surface area contributed by atoms with E-state index in [1.165, 1.54) is 12.1 Å². The number of ether oxygens (including phenoxy) is 1. The van der Waals surface area contributed by atoms with Gasteiger partial charge in [0.15, 0.2) is 0 Å². The Labute approximate surface area is 145 Å². The van der Waals surface area contributed by atoms with Gasteiger partial charge in [-0.25, -0.2) is 9.37 Å². The number of pyridine rings is 1. The van der Waals surface area contributed by atoms with Gasteiger partial charge < -0.3 is 14.7 Å². The van der Waals surface area contributed by atoms with Crippen LogP contribution in [0.1, 0.15) is 34.5 Å². The van der Waals surface area contributed by atoms with E-state index < -0.39 is 5.60 Å². The van der Waals surface area contributed by atoms with Gasteiger partial charge in [0, 0.05) is 6.54 Å². The molecule has 130 valence electrons. The number of aromatic nitrogens is 1. The molecule has 0 spiro atoms. The van der Waals surface area contributed by atoms with Gasteiger partial charge in [-0.15, -0.1) is 0 Å². The van der Waals surface area contributed by atoms with E-state index in [4.69, 9.17) is 4.74 Å². The summed E-state index contributed by atoms with van der Waals surface area (Å²) in [5.41, 5.74) is 0.835. The zero-order valence-corrected chi connectivity index (χ0v) is 13.7. The molecular weight excluding hydrogens is 323 g/mol. The molecule has 3 heterocycles. The van der Waals surface area contributed by atoms with E-state index >= 15 is 0 Å². The Bertz CT molecular complexity index is 809. The smallest absolute Gasteiger partial charge is 0.272 e. The first-order chi connectivity index (χ1) is 12.0. The number of rotatable bonds is 2. The van der Waals surface area contributed by atoms with E-state index in [1.54, 1.807) is 29.3 Å². The lowest BCUT2D eigenvalue weighted by molar-refractivity contribution is 0.0415. The fourth-order valence-electron chi connectivity index (χ4n) is 3.50. The van der Waals surface area contributed by atoms with Gasteiger partial charge in [-0.1, -0.05) is 12.1 Å². The van der Waals surface area contributed by atoms with Crippen molar-refractivity contribution >= 4 is 5.91 Å². The van der Waals surface area contributed by atoms with Crippen molar-refractivity contribution in [2.45, 2.75) is 24.9 Å². The molecule has 1 amide bonds. The molecule has 1 atom stereocenters. The van der Waals surface area contributed by atoms with Crippen LogP contribution >= 0.6 is 0 Å². The second-order valence-corrected chi connectivity index (χ2v) is 6.64. The third kappa shape index (κ3) is 2.98. The lowest BCUT2D eigenvalue weighted by atomic mass is 9.93. The quantitative estimate of drug-likeness (QED) is 0.909. The van der Waals surface area contributed by atoms with Crippen LogP contribution in [0.3, 0.4) is 0 Å². The molecule has 1 saturated heterocycles. The molecule has 0 saturated carbocycles. The van der Waals surface area contributed by atoms with E-state index in [0.29, 0.717) is 30.8 Å². The SMILES string of the molecule is O=C(c1cc2c(cn1)OCCC2)N1CCC(O)(c2ccc(F)cc2)C1. The maximum absolute atomic E-state index is 13.1. The van der Waals surface area contributed by atoms with Gasteiger partial charge in [-0.2, -0.15) is 0 Å². The van der Waals surface area contributed by atoms with Gasteiger partial charge in [0.2, 0.25) is 0 Å². The van der Waals surface area contributed by atoms with Crippen LogP contribution in [0.5, 0.6) is 5.75 Å². The average Bonchev–Trinajstić information content (AvgIpc) is 3.04. The number of hydrogen-bond acceptors (Lipinski definition) is 4. The van der Waals surface area contributed by atoms with E-state index in [1.807, 2.05) is 0 Å². The average molecular weight is 342 g/mol. The van der Waals surface area contributed by atoms with Crippen LogP contribution in [0.2, 0.25) is 0 Å². The second kappa shape index (κ2) is 6.11. The molecule has 2 aliphatic rings. The Morgan fingerprint density at radius 2 is 2.12 bits per heavy atom. The predicted molar refractivity (Wildman–Crippen MR) is 88.9 cm³/mol. The van der Waals surface area contributed by atoms with E-state index in [-0.39, 0.29) is 18.3 Å². The molecule has 2 aromatic rings. The van der Waals surface area contributed by atoms with Gasteiger partial charge in [-0.05, 0) is 48.6 Å². The molecule has 0 radical (unpaired) electrons. The summed E-state index contributed by atoms with van der Waals surface area (Å²) in [5.74, 6) is 0.192. The first-order valence-corrected chi connectivity index (χ1v) is 8.45. The number of benzene rings is 1. The Morgan fingerprint density at radius 3 is 2.92 bits per heavy atom. The maximum Gasteiger partial charge on any atom is 0.272 e. The number of carbonyl (C=O) groups excluding carboxylic acids is 1. The Morgan fingerprint density at radius 1 is 1.32 bits per heavy atom. The Balaban J connectivity index is 1.53. The molecule has 6 heteroatoms. The molecule has 25 heavy (non-hydrogen) atoms. The summed E-state index contributed by atoms with van der Waals surface area (Å²) >= 11 is 0. The standard InChI is InChI=1S/C19H19FN2O3/c20-15-5-3-14(4-6-15)19(24)7-8-22(12-19)18(23)16-10-13-2-1-9-25-17(13)11-21-16/h3-6,10-11,24H,1-2,7-9,12H2. The minimum atomic E-state index is -1.15. The highest BCUT2D eigenvalue weighted by molar-refractivity contribution is 5.93. The maximum atomic E-state index is 13.1. The number of fused-ring (bicyclic) bond motifs is 1. The number of aryl methyl sites for hydroxylation is 1. The Hall–Kier alpha value is -2.47. The van der Waals surface area contributed by atoms with Crippen molar-refractivity contribution in [3.05, 3.63) is 59.2 Å². The molecular formula is C19H19FN2O3. The molecule has 2 aliphatic heterocycles. The highest BCUT2D eigenvalue weighted by Crippen LogP contribution is 2.33. The van der Waals surface area contributed by atoms with Crippen molar-refractivity contribution in [2.75, 3.05) is 19.7 Å². The predicted octanol–water partition coefficient (Wildman–Crippen LogP) is 2.28. The molecule has 0 bridgehead atoms. The molecule has 5 nitrogen and oxygen atoms in total. The minimum absolute atomic E-state index is 0.173.